The summed E-state index contributed by atoms with van der Waals surface area (Å²) >= 11 is 6.00. The first kappa shape index (κ1) is 20.5. The smallest absolute Gasteiger partial charge is 0.200 e. The molecule has 0 radical (unpaired) electrons. The molecule has 0 spiro atoms. The van der Waals surface area contributed by atoms with Crippen molar-refractivity contribution in [3.63, 3.8) is 0 Å². The van der Waals surface area contributed by atoms with Crippen molar-refractivity contribution in [3.8, 4) is 6.07 Å². The van der Waals surface area contributed by atoms with Gasteiger partial charge in [0.2, 0.25) is 9.84 Å². The van der Waals surface area contributed by atoms with E-state index in [0.29, 0.717) is 29.9 Å². The van der Waals surface area contributed by atoms with Crippen molar-refractivity contribution in [1.82, 2.24) is 14.9 Å². The third kappa shape index (κ3) is 3.84. The van der Waals surface area contributed by atoms with Gasteiger partial charge in [0.25, 0.3) is 0 Å². The normalized spacial score (nSPS) is 16.4. The highest BCUT2D eigenvalue weighted by Crippen LogP contribution is 2.34. The van der Waals surface area contributed by atoms with Crippen molar-refractivity contribution in [2.45, 2.75) is 10.1 Å². The van der Waals surface area contributed by atoms with E-state index in [0.717, 1.165) is 13.1 Å². The molecule has 0 aliphatic carbocycles. The fraction of sp³-hybridized carbons (Fsp3) is 0.286. The Labute approximate surface area is 180 Å². The van der Waals surface area contributed by atoms with Gasteiger partial charge in [-0.25, -0.2) is 18.4 Å². The van der Waals surface area contributed by atoms with Crippen LogP contribution < -0.4 is 4.90 Å². The van der Waals surface area contributed by atoms with E-state index in [2.05, 4.69) is 9.88 Å². The van der Waals surface area contributed by atoms with Crippen molar-refractivity contribution < 1.29 is 8.42 Å². The number of nitrogens with zero attached hydrogens (tertiary/aromatic N) is 5. The van der Waals surface area contributed by atoms with Crippen LogP contribution in [-0.4, -0.2) is 56.5 Å². The lowest BCUT2D eigenvalue weighted by molar-refractivity contribution is 0.312. The molecule has 154 valence electrons. The summed E-state index contributed by atoms with van der Waals surface area (Å²) in [5, 5.41) is 8.72. The van der Waals surface area contributed by atoms with E-state index in [1.807, 2.05) is 36.2 Å². The maximum Gasteiger partial charge on any atom is 0.200 e. The molecule has 2 heterocycles. The Balaban J connectivity index is 1.89. The first-order valence-electron chi connectivity index (χ1n) is 9.49. The van der Waals surface area contributed by atoms with E-state index in [1.165, 1.54) is 12.1 Å². The number of hydrogen-bond acceptors (Lipinski definition) is 7. The molecule has 1 unspecified atom stereocenters. The summed E-state index contributed by atoms with van der Waals surface area (Å²) in [6, 6.07) is 15.2. The molecule has 1 aliphatic heterocycles. The number of rotatable bonds is 4. The van der Waals surface area contributed by atoms with Crippen LogP contribution in [0.3, 0.4) is 0 Å². The summed E-state index contributed by atoms with van der Waals surface area (Å²) in [5.41, 5.74) is 1.36. The number of nitriles is 1. The van der Waals surface area contributed by atoms with Gasteiger partial charge in [0.1, 0.15) is 5.69 Å². The molecule has 4 rings (SSSR count). The lowest BCUT2D eigenvalue weighted by Gasteiger charge is -2.34. The number of anilines is 1. The molecular formula is C21H20ClN5O2S. The maximum absolute atomic E-state index is 13.4. The zero-order chi connectivity index (χ0) is 21.3. The SMILES string of the molecule is CN1CCN(c2nc3ccccc3nc2C(C#N)S(=O)(=O)c2cccc(Cl)c2)CC1. The highest BCUT2D eigenvalue weighted by Gasteiger charge is 2.35. The Bertz CT molecular complexity index is 1230. The molecule has 1 aliphatic rings. The zero-order valence-corrected chi connectivity index (χ0v) is 17.9. The van der Waals surface area contributed by atoms with Gasteiger partial charge in [0, 0.05) is 31.2 Å². The zero-order valence-electron chi connectivity index (χ0n) is 16.4. The number of likely N-dealkylation sites (N-methyl/N-ethyl adjacent to an activating group) is 1. The van der Waals surface area contributed by atoms with Crippen LogP contribution in [0.15, 0.2) is 53.4 Å². The number of fused-ring (bicyclic) bond motifs is 1. The number of piperazine rings is 1. The number of aromatic nitrogens is 2. The highest BCUT2D eigenvalue weighted by atomic mass is 35.5. The van der Waals surface area contributed by atoms with Crippen LogP contribution in [0.2, 0.25) is 5.02 Å². The first-order valence-corrected chi connectivity index (χ1v) is 11.4. The molecule has 1 aromatic heterocycles. The molecular weight excluding hydrogens is 422 g/mol. The lowest BCUT2D eigenvalue weighted by Crippen LogP contribution is -2.45. The molecule has 0 bridgehead atoms. The third-order valence-electron chi connectivity index (χ3n) is 5.18. The van der Waals surface area contributed by atoms with Crippen LogP contribution >= 0.6 is 11.6 Å². The molecule has 0 saturated carbocycles. The fourth-order valence-electron chi connectivity index (χ4n) is 3.49. The monoisotopic (exact) mass is 441 g/mol. The molecule has 7 nitrogen and oxygen atoms in total. The van der Waals surface area contributed by atoms with Gasteiger partial charge in [-0.2, -0.15) is 5.26 Å². The molecule has 1 saturated heterocycles. The number of sulfone groups is 1. The van der Waals surface area contributed by atoms with E-state index in [4.69, 9.17) is 16.6 Å². The van der Waals surface area contributed by atoms with Gasteiger partial charge in [-0.3, -0.25) is 0 Å². The Hall–Kier alpha value is -2.73. The van der Waals surface area contributed by atoms with Gasteiger partial charge in [-0.05, 0) is 37.4 Å². The van der Waals surface area contributed by atoms with Gasteiger partial charge in [-0.1, -0.05) is 29.8 Å². The van der Waals surface area contributed by atoms with E-state index in [9.17, 15) is 13.7 Å². The lowest BCUT2D eigenvalue weighted by atomic mass is 10.2. The van der Waals surface area contributed by atoms with Gasteiger partial charge in [0.05, 0.1) is 22.0 Å². The summed E-state index contributed by atoms with van der Waals surface area (Å²) < 4.78 is 26.7. The van der Waals surface area contributed by atoms with Crippen molar-refractivity contribution >= 4 is 38.3 Å². The highest BCUT2D eigenvalue weighted by molar-refractivity contribution is 7.92. The van der Waals surface area contributed by atoms with Gasteiger partial charge in [0.15, 0.2) is 11.1 Å². The van der Waals surface area contributed by atoms with Gasteiger partial charge >= 0.3 is 0 Å². The molecule has 1 atom stereocenters. The van der Waals surface area contributed by atoms with E-state index in [1.54, 1.807) is 18.2 Å². The second kappa shape index (κ2) is 8.19. The second-order valence-electron chi connectivity index (χ2n) is 7.22. The topological polar surface area (TPSA) is 90.2 Å². The van der Waals surface area contributed by atoms with Crippen LogP contribution in [-0.2, 0) is 9.84 Å². The van der Waals surface area contributed by atoms with E-state index in [-0.39, 0.29) is 15.6 Å². The summed E-state index contributed by atoms with van der Waals surface area (Å²) in [5.74, 6) is 0.443. The van der Waals surface area contributed by atoms with Gasteiger partial charge in [-0.15, -0.1) is 0 Å². The molecule has 9 heteroatoms. The maximum atomic E-state index is 13.4. The quantitative estimate of drug-likeness (QED) is 0.614. The molecule has 2 aromatic carbocycles. The molecule has 1 fully saturated rings. The second-order valence-corrected chi connectivity index (χ2v) is 9.69. The number of hydrogen-bond donors (Lipinski definition) is 0. The Morgan fingerprint density at radius 3 is 2.33 bits per heavy atom. The van der Waals surface area contributed by atoms with Crippen molar-refractivity contribution in [2.75, 3.05) is 38.1 Å². The molecule has 0 N–H and O–H groups in total. The summed E-state index contributed by atoms with van der Waals surface area (Å²) in [4.78, 5) is 13.5. The summed E-state index contributed by atoms with van der Waals surface area (Å²) in [7, 11) is -2.02. The van der Waals surface area contributed by atoms with E-state index >= 15 is 0 Å². The Morgan fingerprint density at radius 2 is 1.70 bits per heavy atom. The van der Waals surface area contributed by atoms with Crippen LogP contribution in [0.5, 0.6) is 0 Å². The average molecular weight is 442 g/mol. The van der Waals surface area contributed by atoms with Crippen molar-refractivity contribution in [3.05, 3.63) is 59.2 Å². The predicted octanol–water partition coefficient (Wildman–Crippen LogP) is 3.07. The first-order chi connectivity index (χ1) is 14.4. The average Bonchev–Trinajstić information content (AvgIpc) is 2.74. The van der Waals surface area contributed by atoms with E-state index < -0.39 is 15.1 Å². The van der Waals surface area contributed by atoms with Crippen LogP contribution in [0.25, 0.3) is 11.0 Å². The standard InChI is InChI=1S/C21H20ClN5O2S/c1-26-9-11-27(12-10-26)21-20(24-17-7-2-3-8-18(17)25-21)19(14-23)30(28,29)16-6-4-5-15(22)13-16/h2-8,13,19H,9-12H2,1H3. The minimum Gasteiger partial charge on any atom is -0.352 e. The summed E-state index contributed by atoms with van der Waals surface area (Å²) in [6.07, 6.45) is 0. The minimum atomic E-state index is -4.05. The third-order valence-corrected chi connectivity index (χ3v) is 7.28. The molecule has 30 heavy (non-hydrogen) atoms. The predicted molar refractivity (Wildman–Crippen MR) is 116 cm³/mol. The van der Waals surface area contributed by atoms with Gasteiger partial charge < -0.3 is 9.80 Å². The molecule has 3 aromatic rings. The largest absolute Gasteiger partial charge is 0.352 e. The number of halogens is 1. The summed E-state index contributed by atoms with van der Waals surface area (Å²) in [6.45, 7) is 2.97. The fourth-order valence-corrected chi connectivity index (χ4v) is 5.17. The number of para-hydroxylation sites is 2. The van der Waals surface area contributed by atoms with Crippen LogP contribution in [0, 0.1) is 11.3 Å². The van der Waals surface area contributed by atoms with Crippen molar-refractivity contribution in [2.24, 2.45) is 0 Å². The number of benzene rings is 2. The Morgan fingerprint density at radius 1 is 1.03 bits per heavy atom. The Kier molecular flexibility index (Phi) is 5.60. The van der Waals surface area contributed by atoms with Crippen LogP contribution in [0.1, 0.15) is 10.9 Å². The van der Waals surface area contributed by atoms with Crippen molar-refractivity contribution in [1.29, 1.82) is 5.26 Å². The molecule has 0 amide bonds. The van der Waals surface area contributed by atoms with Crippen LogP contribution in [0.4, 0.5) is 5.82 Å². The minimum absolute atomic E-state index is 0.0131.